The summed E-state index contributed by atoms with van der Waals surface area (Å²) in [5.41, 5.74) is 3.66. The van der Waals surface area contributed by atoms with Crippen LogP contribution in [0.25, 0.3) is 18.7 Å². The summed E-state index contributed by atoms with van der Waals surface area (Å²) in [4.78, 5) is 4.57. The summed E-state index contributed by atoms with van der Waals surface area (Å²) in [7, 11) is 0. The van der Waals surface area contributed by atoms with Gasteiger partial charge in [-0.15, -0.1) is 0 Å². The van der Waals surface area contributed by atoms with Gasteiger partial charge in [-0.3, -0.25) is 4.98 Å². The molecular weight excluding hydrogens is 314 g/mol. The minimum absolute atomic E-state index is 0.498. The molecule has 1 heteroatoms. The van der Waals surface area contributed by atoms with E-state index in [9.17, 15) is 0 Å². The van der Waals surface area contributed by atoms with E-state index in [0.717, 1.165) is 41.3 Å². The number of nitrogens with zero attached hydrogens (tertiary/aromatic N) is 1. The third-order valence-corrected chi connectivity index (χ3v) is 5.25. The Kier molecular flexibility index (Phi) is 9.95. The van der Waals surface area contributed by atoms with Crippen molar-refractivity contribution >= 4 is 18.7 Å². The predicted molar refractivity (Wildman–Crippen MR) is 118 cm³/mol. The lowest BCUT2D eigenvalue weighted by molar-refractivity contribution is 0.544. The van der Waals surface area contributed by atoms with Crippen molar-refractivity contribution in [3.63, 3.8) is 0 Å². The molecule has 0 radical (unpaired) electrons. The first kappa shape index (κ1) is 22.2. The van der Waals surface area contributed by atoms with E-state index < -0.39 is 0 Å². The highest BCUT2D eigenvalue weighted by atomic mass is 14.7. The number of rotatable bonds is 6. The smallest absolute Gasteiger partial charge is 0.0739 e. The molecule has 2 rings (SSSR count). The van der Waals surface area contributed by atoms with Crippen LogP contribution >= 0.6 is 0 Å². The van der Waals surface area contributed by atoms with Crippen molar-refractivity contribution in [3.8, 4) is 0 Å². The van der Waals surface area contributed by atoms with Gasteiger partial charge in [-0.25, -0.2) is 0 Å². The van der Waals surface area contributed by atoms with Crippen molar-refractivity contribution in [1.29, 1.82) is 0 Å². The Balaban J connectivity index is 0.000000487. The molecule has 1 aromatic rings. The molecule has 0 fully saturated rings. The lowest BCUT2D eigenvalue weighted by atomic mass is 9.82. The standard InChI is InChI=1S/C19H23N.C6H14/c1-5-6-7-10-17-11-8-9-15(3)18(17)19-16(4)14(2)12-13-20-19;1-4-6(3)5-2/h6-9,12-13,17H,2,4-5,10-11H2,1,3H3;6H,4-5H2,1-3H3. The van der Waals surface area contributed by atoms with E-state index in [4.69, 9.17) is 0 Å². The molecule has 0 amide bonds. The Bertz CT molecular complexity index is 732. The highest BCUT2D eigenvalue weighted by molar-refractivity contribution is 5.71. The topological polar surface area (TPSA) is 12.9 Å². The van der Waals surface area contributed by atoms with E-state index in [1.54, 1.807) is 0 Å². The van der Waals surface area contributed by atoms with Crippen molar-refractivity contribution < 1.29 is 0 Å². The molecule has 1 atom stereocenters. The molecule has 1 unspecified atom stereocenters. The zero-order valence-electron chi connectivity index (χ0n) is 17.5. The highest BCUT2D eigenvalue weighted by Gasteiger charge is 2.20. The second-order valence-corrected chi connectivity index (χ2v) is 7.27. The average molecular weight is 352 g/mol. The maximum absolute atomic E-state index is 4.57. The van der Waals surface area contributed by atoms with Gasteiger partial charge in [0, 0.05) is 6.20 Å². The van der Waals surface area contributed by atoms with Gasteiger partial charge in [0.05, 0.1) is 5.69 Å². The number of hydrogen-bond donors (Lipinski definition) is 0. The second kappa shape index (κ2) is 11.7. The van der Waals surface area contributed by atoms with Crippen molar-refractivity contribution in [1.82, 2.24) is 4.98 Å². The van der Waals surface area contributed by atoms with Gasteiger partial charge in [0.25, 0.3) is 0 Å². The van der Waals surface area contributed by atoms with Crippen molar-refractivity contribution in [2.75, 3.05) is 0 Å². The van der Waals surface area contributed by atoms with E-state index in [1.807, 2.05) is 12.3 Å². The Hall–Kier alpha value is -1.89. The monoisotopic (exact) mass is 351 g/mol. The Morgan fingerprint density at radius 3 is 2.46 bits per heavy atom. The Morgan fingerprint density at radius 1 is 1.19 bits per heavy atom. The number of hydrogen-bond acceptors (Lipinski definition) is 1. The number of allylic oxidation sites excluding steroid dienone is 6. The van der Waals surface area contributed by atoms with Crippen LogP contribution in [0, 0.1) is 11.8 Å². The lowest BCUT2D eigenvalue weighted by Crippen LogP contribution is -2.28. The second-order valence-electron chi connectivity index (χ2n) is 7.27. The van der Waals surface area contributed by atoms with Crippen LogP contribution in [0.3, 0.4) is 0 Å². The molecule has 1 heterocycles. The van der Waals surface area contributed by atoms with Gasteiger partial charge in [0.15, 0.2) is 0 Å². The van der Waals surface area contributed by atoms with Crippen molar-refractivity contribution in [2.45, 2.75) is 66.7 Å². The van der Waals surface area contributed by atoms with Crippen LogP contribution < -0.4 is 10.4 Å². The predicted octanol–water partition coefficient (Wildman–Crippen LogP) is 6.05. The van der Waals surface area contributed by atoms with Gasteiger partial charge in [-0.1, -0.05) is 78.0 Å². The van der Waals surface area contributed by atoms with Gasteiger partial charge in [0.1, 0.15) is 0 Å². The van der Waals surface area contributed by atoms with Gasteiger partial charge < -0.3 is 0 Å². The first-order valence-electron chi connectivity index (χ1n) is 10.1. The van der Waals surface area contributed by atoms with Crippen LogP contribution in [0.4, 0.5) is 0 Å². The third-order valence-electron chi connectivity index (χ3n) is 5.25. The lowest BCUT2D eigenvalue weighted by Gasteiger charge is -2.23. The van der Waals surface area contributed by atoms with Crippen molar-refractivity contribution in [3.05, 3.63) is 58.3 Å². The van der Waals surface area contributed by atoms with E-state index >= 15 is 0 Å². The van der Waals surface area contributed by atoms with Crippen LogP contribution in [0.2, 0.25) is 0 Å². The fourth-order valence-corrected chi connectivity index (χ4v) is 3.01. The quantitative estimate of drug-likeness (QED) is 0.568. The van der Waals surface area contributed by atoms with Gasteiger partial charge in [0.2, 0.25) is 0 Å². The minimum Gasteiger partial charge on any atom is -0.256 e. The summed E-state index contributed by atoms with van der Waals surface area (Å²) in [6, 6.07) is 1.92. The van der Waals surface area contributed by atoms with E-state index in [2.05, 4.69) is 77.1 Å². The summed E-state index contributed by atoms with van der Waals surface area (Å²) in [5.74, 6) is 1.43. The van der Waals surface area contributed by atoms with Crippen molar-refractivity contribution in [2.24, 2.45) is 11.8 Å². The molecule has 1 nitrogen and oxygen atoms in total. The van der Waals surface area contributed by atoms with Gasteiger partial charge in [-0.2, -0.15) is 0 Å². The SMILES string of the molecule is C=c1ccnc(C2=C(C)C=CCC2CC=CCC)c1=C.CCC(C)CC. The van der Waals surface area contributed by atoms with Gasteiger partial charge >= 0.3 is 0 Å². The van der Waals surface area contributed by atoms with Gasteiger partial charge in [-0.05, 0) is 65.7 Å². The summed E-state index contributed by atoms with van der Waals surface area (Å²) in [6.07, 6.45) is 16.7. The summed E-state index contributed by atoms with van der Waals surface area (Å²) >= 11 is 0. The molecule has 0 N–H and O–H groups in total. The zero-order valence-corrected chi connectivity index (χ0v) is 17.5. The molecule has 0 saturated carbocycles. The summed E-state index contributed by atoms with van der Waals surface area (Å²) in [6.45, 7) is 19.3. The van der Waals surface area contributed by atoms with Crippen LogP contribution in [-0.2, 0) is 0 Å². The summed E-state index contributed by atoms with van der Waals surface area (Å²) < 4.78 is 0. The molecule has 26 heavy (non-hydrogen) atoms. The van der Waals surface area contributed by atoms with Crippen LogP contribution in [0.5, 0.6) is 0 Å². The molecule has 142 valence electrons. The molecule has 0 aliphatic heterocycles. The number of aromatic nitrogens is 1. The number of pyridine rings is 1. The molecule has 1 aliphatic carbocycles. The maximum atomic E-state index is 4.57. The zero-order chi connectivity index (χ0) is 19.5. The molecule has 1 aliphatic rings. The van der Waals surface area contributed by atoms with Crippen LogP contribution in [-0.4, -0.2) is 4.98 Å². The Morgan fingerprint density at radius 2 is 1.88 bits per heavy atom. The third kappa shape index (κ3) is 6.44. The summed E-state index contributed by atoms with van der Waals surface area (Å²) in [5, 5.41) is 1.93. The van der Waals surface area contributed by atoms with E-state index in [1.165, 1.54) is 24.0 Å². The average Bonchev–Trinajstić information content (AvgIpc) is 2.65. The minimum atomic E-state index is 0.498. The molecule has 0 saturated heterocycles. The largest absolute Gasteiger partial charge is 0.256 e. The van der Waals surface area contributed by atoms with Crippen LogP contribution in [0.1, 0.15) is 72.4 Å². The normalized spacial score (nSPS) is 16.9. The highest BCUT2D eigenvalue weighted by Crippen LogP contribution is 2.33. The maximum Gasteiger partial charge on any atom is 0.0739 e. The van der Waals surface area contributed by atoms with E-state index in [-0.39, 0.29) is 0 Å². The Labute approximate surface area is 161 Å². The molecule has 0 aromatic carbocycles. The fraction of sp³-hybridized carbons (Fsp3) is 0.480. The van der Waals surface area contributed by atoms with Crippen LogP contribution in [0.15, 0.2) is 42.1 Å². The molecule has 1 aromatic heterocycles. The molecular formula is C25H37N. The first-order chi connectivity index (χ1) is 12.5. The molecule has 0 bridgehead atoms. The fourth-order valence-electron chi connectivity index (χ4n) is 3.01. The molecule has 0 spiro atoms. The first-order valence-corrected chi connectivity index (χ1v) is 10.1. The van der Waals surface area contributed by atoms with E-state index in [0.29, 0.717) is 5.92 Å².